The van der Waals surface area contributed by atoms with Crippen molar-refractivity contribution in [2.45, 2.75) is 45.7 Å². The van der Waals surface area contributed by atoms with Crippen molar-refractivity contribution in [3.8, 4) is 11.3 Å². The molecule has 186 valence electrons. The van der Waals surface area contributed by atoms with Crippen LogP contribution in [0, 0.1) is 6.92 Å². The Labute approximate surface area is 207 Å². The van der Waals surface area contributed by atoms with Gasteiger partial charge in [0.15, 0.2) is 0 Å². The number of aromatic nitrogens is 9. The minimum atomic E-state index is -0.133. The quantitative estimate of drug-likeness (QED) is 0.320. The van der Waals surface area contributed by atoms with E-state index in [1.807, 2.05) is 36.3 Å². The average molecular weight is 488 g/mol. The number of unbranched alkanes of at least 4 members (excludes halogenated alkanes) is 2. The SMILES string of the molecule is CCCCCn1c2cc(-c3cnn(C4CN(c5nccc(NC)n5)C4)c3)[nH]c2c(=O)n2c(C)nnc12. The summed E-state index contributed by atoms with van der Waals surface area (Å²) in [6.45, 7) is 6.33. The fourth-order valence-corrected chi connectivity index (χ4v) is 4.80. The molecule has 5 aromatic heterocycles. The van der Waals surface area contributed by atoms with Gasteiger partial charge in [-0.25, -0.2) is 9.38 Å². The van der Waals surface area contributed by atoms with Crippen molar-refractivity contribution in [2.75, 3.05) is 30.4 Å². The molecule has 5 aromatic rings. The number of fused-ring (bicyclic) bond motifs is 2. The number of aromatic amines is 1. The monoisotopic (exact) mass is 487 g/mol. The van der Waals surface area contributed by atoms with Crippen molar-refractivity contribution in [1.82, 2.24) is 43.9 Å². The summed E-state index contributed by atoms with van der Waals surface area (Å²) in [6, 6.07) is 4.10. The maximum absolute atomic E-state index is 13.3. The molecule has 12 heteroatoms. The molecule has 1 saturated heterocycles. The predicted molar refractivity (Wildman–Crippen MR) is 137 cm³/mol. The Balaban J connectivity index is 1.29. The minimum absolute atomic E-state index is 0.133. The van der Waals surface area contributed by atoms with E-state index in [-0.39, 0.29) is 11.6 Å². The summed E-state index contributed by atoms with van der Waals surface area (Å²) in [4.78, 5) is 27.7. The van der Waals surface area contributed by atoms with Gasteiger partial charge in [0.25, 0.3) is 5.56 Å². The number of anilines is 2. The van der Waals surface area contributed by atoms with E-state index in [2.05, 4.69) is 52.0 Å². The van der Waals surface area contributed by atoms with Gasteiger partial charge in [-0.05, 0) is 25.5 Å². The minimum Gasteiger partial charge on any atom is -0.373 e. The van der Waals surface area contributed by atoms with Crippen molar-refractivity contribution >= 4 is 28.6 Å². The first-order chi connectivity index (χ1) is 17.6. The molecular formula is C24H29N11O. The van der Waals surface area contributed by atoms with Crippen LogP contribution < -0.4 is 15.8 Å². The Kier molecular flexibility index (Phi) is 5.42. The molecule has 1 aliphatic rings. The van der Waals surface area contributed by atoms with E-state index >= 15 is 0 Å². The molecule has 1 aliphatic heterocycles. The molecule has 0 radical (unpaired) electrons. The van der Waals surface area contributed by atoms with Gasteiger partial charge >= 0.3 is 0 Å². The van der Waals surface area contributed by atoms with Crippen molar-refractivity contribution in [3.05, 3.63) is 46.9 Å². The molecule has 6 rings (SSSR count). The predicted octanol–water partition coefficient (Wildman–Crippen LogP) is 2.63. The Morgan fingerprint density at radius 1 is 1.22 bits per heavy atom. The lowest BCUT2D eigenvalue weighted by Crippen LogP contribution is -2.48. The van der Waals surface area contributed by atoms with E-state index in [9.17, 15) is 4.79 Å². The highest BCUT2D eigenvalue weighted by atomic mass is 16.1. The third kappa shape index (κ3) is 3.60. The van der Waals surface area contributed by atoms with Crippen molar-refractivity contribution in [3.63, 3.8) is 0 Å². The molecule has 1 fully saturated rings. The molecule has 0 aromatic carbocycles. The Morgan fingerprint density at radius 3 is 2.89 bits per heavy atom. The number of nitrogens with zero attached hydrogens (tertiary/aromatic N) is 9. The van der Waals surface area contributed by atoms with Crippen LogP contribution in [0.2, 0.25) is 0 Å². The molecule has 2 N–H and O–H groups in total. The summed E-state index contributed by atoms with van der Waals surface area (Å²) >= 11 is 0. The number of nitrogens with one attached hydrogen (secondary N) is 2. The fourth-order valence-electron chi connectivity index (χ4n) is 4.80. The normalized spacial score (nSPS) is 14.1. The molecule has 0 aliphatic carbocycles. The first kappa shape index (κ1) is 22.3. The number of hydrogen-bond acceptors (Lipinski definition) is 8. The van der Waals surface area contributed by atoms with Gasteiger partial charge in [0, 0.05) is 44.6 Å². The van der Waals surface area contributed by atoms with Crippen LogP contribution in [0.4, 0.5) is 11.8 Å². The second-order valence-corrected chi connectivity index (χ2v) is 9.25. The van der Waals surface area contributed by atoms with Gasteiger partial charge in [0.05, 0.1) is 23.4 Å². The van der Waals surface area contributed by atoms with E-state index in [0.29, 0.717) is 23.1 Å². The molecule has 0 atom stereocenters. The Hall–Kier alpha value is -4.22. The van der Waals surface area contributed by atoms with Crippen LogP contribution >= 0.6 is 0 Å². The number of aryl methyl sites for hydroxylation is 2. The standard InChI is InChI=1S/C24H29N11O/c1-4-5-6-9-33-19-10-18(28-21(19)22(36)35-15(2)30-31-24(33)35)16-11-27-34(12-16)17-13-32(14-17)23-26-8-7-20(25-3)29-23/h7-8,10-12,17,28H,4-6,9,13-14H2,1-3H3,(H,25,26,29). The third-order valence-corrected chi connectivity index (χ3v) is 6.87. The lowest BCUT2D eigenvalue weighted by Gasteiger charge is -2.39. The smallest absolute Gasteiger partial charge is 0.284 e. The topological polar surface area (TPSA) is 127 Å². The third-order valence-electron chi connectivity index (χ3n) is 6.87. The molecule has 0 saturated carbocycles. The largest absolute Gasteiger partial charge is 0.373 e. The number of rotatable bonds is 8. The maximum atomic E-state index is 13.3. The van der Waals surface area contributed by atoms with Gasteiger partial charge in [-0.3, -0.25) is 9.48 Å². The van der Waals surface area contributed by atoms with Crippen LogP contribution in [-0.2, 0) is 6.54 Å². The molecule has 12 nitrogen and oxygen atoms in total. The highest BCUT2D eigenvalue weighted by Crippen LogP contribution is 2.28. The van der Waals surface area contributed by atoms with Crippen LogP contribution in [0.15, 0.2) is 35.5 Å². The van der Waals surface area contributed by atoms with Crippen LogP contribution in [-0.4, -0.2) is 64.0 Å². The van der Waals surface area contributed by atoms with Crippen molar-refractivity contribution < 1.29 is 0 Å². The van der Waals surface area contributed by atoms with E-state index in [0.717, 1.165) is 61.5 Å². The van der Waals surface area contributed by atoms with E-state index in [1.54, 1.807) is 17.5 Å². The fraction of sp³-hybridized carbons (Fsp3) is 0.417. The van der Waals surface area contributed by atoms with Crippen LogP contribution in [0.5, 0.6) is 0 Å². The van der Waals surface area contributed by atoms with Gasteiger partial charge < -0.3 is 19.8 Å². The van der Waals surface area contributed by atoms with E-state index < -0.39 is 0 Å². The lowest BCUT2D eigenvalue weighted by molar-refractivity contribution is 0.363. The summed E-state index contributed by atoms with van der Waals surface area (Å²) in [7, 11) is 1.85. The van der Waals surface area contributed by atoms with Gasteiger partial charge in [-0.2, -0.15) is 10.1 Å². The van der Waals surface area contributed by atoms with Gasteiger partial charge in [0.1, 0.15) is 17.2 Å². The number of hydrogen-bond donors (Lipinski definition) is 2. The molecular weight excluding hydrogens is 458 g/mol. The van der Waals surface area contributed by atoms with Crippen molar-refractivity contribution in [2.24, 2.45) is 0 Å². The molecule has 6 heterocycles. The van der Waals surface area contributed by atoms with Crippen LogP contribution in [0.3, 0.4) is 0 Å². The molecule has 0 unspecified atom stereocenters. The van der Waals surface area contributed by atoms with E-state index in [4.69, 9.17) is 0 Å². The molecule has 36 heavy (non-hydrogen) atoms. The first-order valence-corrected chi connectivity index (χ1v) is 12.3. The highest BCUT2D eigenvalue weighted by Gasteiger charge is 2.31. The summed E-state index contributed by atoms with van der Waals surface area (Å²) in [5, 5.41) is 16.1. The first-order valence-electron chi connectivity index (χ1n) is 12.3. The number of H-pyrrole nitrogens is 1. The van der Waals surface area contributed by atoms with Gasteiger partial charge in [-0.1, -0.05) is 19.8 Å². The van der Waals surface area contributed by atoms with Gasteiger partial charge in [-0.15, -0.1) is 10.2 Å². The Bertz CT molecular complexity index is 1600. The highest BCUT2D eigenvalue weighted by molar-refractivity contribution is 5.83. The zero-order valence-electron chi connectivity index (χ0n) is 20.6. The molecule has 0 amide bonds. The second kappa shape index (κ2) is 8.77. The van der Waals surface area contributed by atoms with E-state index in [1.165, 1.54) is 0 Å². The van der Waals surface area contributed by atoms with Crippen LogP contribution in [0.25, 0.3) is 28.1 Å². The summed E-state index contributed by atoms with van der Waals surface area (Å²) in [5.41, 5.74) is 3.06. The average Bonchev–Trinajstić information content (AvgIpc) is 3.59. The zero-order valence-corrected chi connectivity index (χ0v) is 20.6. The lowest BCUT2D eigenvalue weighted by atomic mass is 10.1. The molecule has 0 bridgehead atoms. The summed E-state index contributed by atoms with van der Waals surface area (Å²) in [6.07, 6.45) is 8.87. The molecule has 0 spiro atoms. The zero-order chi connectivity index (χ0) is 24.8. The summed E-state index contributed by atoms with van der Waals surface area (Å²) in [5.74, 6) is 2.68. The second-order valence-electron chi connectivity index (χ2n) is 9.25. The summed E-state index contributed by atoms with van der Waals surface area (Å²) < 4.78 is 5.67. The van der Waals surface area contributed by atoms with Crippen LogP contribution in [0.1, 0.15) is 38.1 Å². The van der Waals surface area contributed by atoms with Gasteiger partial charge in [0.2, 0.25) is 11.7 Å². The maximum Gasteiger partial charge on any atom is 0.284 e. The Morgan fingerprint density at radius 2 is 2.08 bits per heavy atom. The van der Waals surface area contributed by atoms with Crippen molar-refractivity contribution in [1.29, 1.82) is 0 Å².